The molecule has 2 N–H and O–H groups in total. The SMILES string of the molecule is COC(=O)[C@](O)([C@H](Cl)C(=O)Nc1cc(Cl)ccc1Cl)C(F)(F)F. The Kier molecular flexibility index (Phi) is 6.14. The summed E-state index contributed by atoms with van der Waals surface area (Å²) in [4.78, 5) is 23.2. The maximum atomic E-state index is 13.0. The molecule has 0 bridgehead atoms. The first-order valence-electron chi connectivity index (χ1n) is 5.72. The molecule has 23 heavy (non-hydrogen) atoms. The second-order valence-electron chi connectivity index (χ2n) is 4.23. The number of carbonyl (C=O) groups excluding carboxylic acids is 2. The van der Waals surface area contributed by atoms with E-state index in [-0.39, 0.29) is 15.7 Å². The molecule has 0 radical (unpaired) electrons. The Morgan fingerprint density at radius 1 is 1.30 bits per heavy atom. The molecule has 1 aromatic carbocycles. The van der Waals surface area contributed by atoms with E-state index in [2.05, 4.69) is 4.74 Å². The molecule has 0 aromatic heterocycles. The molecule has 0 saturated heterocycles. The minimum absolute atomic E-state index is 0.0415. The molecule has 0 saturated carbocycles. The van der Waals surface area contributed by atoms with Gasteiger partial charge in [0.15, 0.2) is 5.38 Å². The standard InChI is InChI=1S/C12H9Cl3F3NO4/c1-23-10(21)11(22,12(16,17)18)8(15)9(20)19-7-4-5(13)2-3-6(7)14/h2-4,8,22H,1H3,(H,19,20)/t8-,11-/m1/s1. The summed E-state index contributed by atoms with van der Waals surface area (Å²) < 4.78 is 42.8. The Morgan fingerprint density at radius 3 is 2.35 bits per heavy atom. The minimum Gasteiger partial charge on any atom is -0.467 e. The van der Waals surface area contributed by atoms with Gasteiger partial charge in [-0.15, -0.1) is 11.6 Å². The van der Waals surface area contributed by atoms with Crippen LogP contribution in [0, 0.1) is 0 Å². The first-order chi connectivity index (χ1) is 10.4. The van der Waals surface area contributed by atoms with Gasteiger partial charge >= 0.3 is 12.1 Å². The van der Waals surface area contributed by atoms with Crippen LogP contribution >= 0.6 is 34.8 Å². The van der Waals surface area contributed by atoms with Crippen molar-refractivity contribution >= 4 is 52.4 Å². The smallest absolute Gasteiger partial charge is 0.430 e. The van der Waals surface area contributed by atoms with Crippen molar-refractivity contribution in [2.75, 3.05) is 12.4 Å². The third kappa shape index (κ3) is 4.00. The van der Waals surface area contributed by atoms with Crippen molar-refractivity contribution in [3.63, 3.8) is 0 Å². The number of nitrogens with one attached hydrogen (secondary N) is 1. The predicted octanol–water partition coefficient (Wildman–Crippen LogP) is 3.01. The number of amides is 1. The number of methoxy groups -OCH3 is 1. The van der Waals surface area contributed by atoms with Crippen molar-refractivity contribution in [2.24, 2.45) is 0 Å². The third-order valence-corrected chi connectivity index (χ3v) is 3.79. The average Bonchev–Trinajstić information content (AvgIpc) is 2.47. The van der Waals surface area contributed by atoms with Gasteiger partial charge in [0.2, 0.25) is 5.91 Å². The number of anilines is 1. The monoisotopic (exact) mass is 393 g/mol. The summed E-state index contributed by atoms with van der Waals surface area (Å²) >= 11 is 16.8. The van der Waals surface area contributed by atoms with Gasteiger partial charge in [0.25, 0.3) is 5.60 Å². The average molecular weight is 395 g/mol. The molecular formula is C12H9Cl3F3NO4. The van der Waals surface area contributed by atoms with Gasteiger partial charge in [-0.05, 0) is 18.2 Å². The fourth-order valence-electron chi connectivity index (χ4n) is 1.50. The van der Waals surface area contributed by atoms with E-state index in [4.69, 9.17) is 34.8 Å². The number of benzene rings is 1. The maximum absolute atomic E-state index is 13.0. The van der Waals surface area contributed by atoms with Crippen LogP contribution in [0.15, 0.2) is 18.2 Å². The van der Waals surface area contributed by atoms with Crippen molar-refractivity contribution in [1.29, 1.82) is 0 Å². The Balaban J connectivity index is 3.14. The Bertz CT molecular complexity index is 626. The first-order valence-corrected chi connectivity index (χ1v) is 6.92. The van der Waals surface area contributed by atoms with E-state index in [0.29, 0.717) is 7.11 Å². The first kappa shape index (κ1) is 19.8. The molecule has 5 nitrogen and oxygen atoms in total. The highest BCUT2D eigenvalue weighted by Gasteiger charge is 2.67. The summed E-state index contributed by atoms with van der Waals surface area (Å²) in [6.07, 6.45) is -5.55. The third-order valence-electron chi connectivity index (χ3n) is 2.71. The summed E-state index contributed by atoms with van der Waals surface area (Å²) in [5, 5.41) is 8.92. The van der Waals surface area contributed by atoms with Crippen LogP contribution in [0.4, 0.5) is 18.9 Å². The van der Waals surface area contributed by atoms with Crippen molar-refractivity contribution in [3.05, 3.63) is 28.2 Å². The molecule has 1 rings (SSSR count). The van der Waals surface area contributed by atoms with Crippen LogP contribution in [0.5, 0.6) is 0 Å². The lowest BCUT2D eigenvalue weighted by atomic mass is 9.98. The number of aliphatic hydroxyl groups is 1. The number of hydrogen-bond donors (Lipinski definition) is 2. The highest BCUT2D eigenvalue weighted by Crippen LogP contribution is 2.37. The number of halogens is 6. The van der Waals surface area contributed by atoms with Crippen molar-refractivity contribution in [3.8, 4) is 0 Å². The summed E-state index contributed by atoms with van der Waals surface area (Å²) in [6.45, 7) is 0. The molecule has 0 spiro atoms. The lowest BCUT2D eigenvalue weighted by Gasteiger charge is -2.30. The number of hydrogen-bond acceptors (Lipinski definition) is 4. The maximum Gasteiger partial charge on any atom is 0.430 e. The van der Waals surface area contributed by atoms with Crippen LogP contribution in [0.25, 0.3) is 0 Å². The molecule has 1 aromatic rings. The molecule has 0 aliphatic carbocycles. The lowest BCUT2D eigenvalue weighted by Crippen LogP contribution is -2.62. The summed E-state index contributed by atoms with van der Waals surface area (Å²) in [5.74, 6) is -3.65. The van der Waals surface area contributed by atoms with Gasteiger partial charge in [0.1, 0.15) is 0 Å². The largest absolute Gasteiger partial charge is 0.467 e. The van der Waals surface area contributed by atoms with E-state index in [1.807, 2.05) is 5.32 Å². The molecule has 0 aliphatic heterocycles. The van der Waals surface area contributed by atoms with Crippen LogP contribution in [0.1, 0.15) is 0 Å². The highest BCUT2D eigenvalue weighted by molar-refractivity contribution is 6.38. The normalized spacial score (nSPS) is 15.5. The van der Waals surface area contributed by atoms with E-state index < -0.39 is 29.0 Å². The van der Waals surface area contributed by atoms with Gasteiger partial charge in [-0.2, -0.15) is 13.2 Å². The number of alkyl halides is 4. The number of rotatable bonds is 4. The number of esters is 1. The summed E-state index contributed by atoms with van der Waals surface area (Å²) in [7, 11) is 0.606. The Labute approximate surface area is 143 Å². The highest BCUT2D eigenvalue weighted by atomic mass is 35.5. The number of ether oxygens (including phenoxy) is 1. The lowest BCUT2D eigenvalue weighted by molar-refractivity contribution is -0.260. The summed E-state index contributed by atoms with van der Waals surface area (Å²) in [6, 6.07) is 3.80. The molecule has 0 heterocycles. The van der Waals surface area contributed by atoms with E-state index in [0.717, 1.165) is 6.07 Å². The van der Waals surface area contributed by atoms with Crippen LogP contribution in [-0.4, -0.2) is 41.2 Å². The quantitative estimate of drug-likeness (QED) is 0.608. The zero-order chi connectivity index (χ0) is 18.0. The molecule has 0 fully saturated rings. The van der Waals surface area contributed by atoms with E-state index in [1.165, 1.54) is 12.1 Å². The predicted molar refractivity (Wildman–Crippen MR) is 77.8 cm³/mol. The fraction of sp³-hybridized carbons (Fsp3) is 0.333. The Hall–Kier alpha value is -1.22. The van der Waals surface area contributed by atoms with Crippen molar-refractivity contribution in [2.45, 2.75) is 17.2 Å². The molecular weight excluding hydrogens is 385 g/mol. The molecule has 0 aliphatic rings. The molecule has 1 amide bonds. The van der Waals surface area contributed by atoms with Crippen LogP contribution in [-0.2, 0) is 14.3 Å². The molecule has 2 atom stereocenters. The van der Waals surface area contributed by atoms with Gasteiger partial charge in [0.05, 0.1) is 17.8 Å². The zero-order valence-electron chi connectivity index (χ0n) is 11.2. The number of carbonyl (C=O) groups is 2. The van der Waals surface area contributed by atoms with Crippen molar-refractivity contribution < 1.29 is 32.6 Å². The molecule has 128 valence electrons. The topological polar surface area (TPSA) is 75.6 Å². The second kappa shape index (κ2) is 7.12. The fourth-order valence-corrected chi connectivity index (χ4v) is 2.10. The van der Waals surface area contributed by atoms with Gasteiger partial charge in [-0.1, -0.05) is 23.2 Å². The summed E-state index contributed by atoms with van der Waals surface area (Å²) in [5.41, 5.74) is -4.39. The van der Waals surface area contributed by atoms with Gasteiger partial charge in [-0.3, -0.25) is 4.79 Å². The van der Waals surface area contributed by atoms with Gasteiger partial charge < -0.3 is 15.2 Å². The van der Waals surface area contributed by atoms with E-state index in [1.54, 1.807) is 0 Å². The molecule has 11 heteroatoms. The molecule has 0 unspecified atom stereocenters. The minimum atomic E-state index is -5.55. The zero-order valence-corrected chi connectivity index (χ0v) is 13.5. The van der Waals surface area contributed by atoms with Crippen molar-refractivity contribution in [1.82, 2.24) is 0 Å². The van der Waals surface area contributed by atoms with Crippen LogP contribution in [0.3, 0.4) is 0 Å². The van der Waals surface area contributed by atoms with Crippen LogP contribution < -0.4 is 5.32 Å². The van der Waals surface area contributed by atoms with E-state index >= 15 is 0 Å². The van der Waals surface area contributed by atoms with Gasteiger partial charge in [0, 0.05) is 5.02 Å². The van der Waals surface area contributed by atoms with Crippen LogP contribution in [0.2, 0.25) is 10.0 Å². The van der Waals surface area contributed by atoms with Gasteiger partial charge in [-0.25, -0.2) is 4.79 Å². The Morgan fingerprint density at radius 2 is 1.87 bits per heavy atom. The second-order valence-corrected chi connectivity index (χ2v) is 5.51. The van der Waals surface area contributed by atoms with E-state index in [9.17, 15) is 27.9 Å².